The summed E-state index contributed by atoms with van der Waals surface area (Å²) < 4.78 is 2.73. The minimum absolute atomic E-state index is 0.339. The topological polar surface area (TPSA) is 4.93 Å². The van der Waals surface area contributed by atoms with Crippen molar-refractivity contribution in [2.24, 2.45) is 0 Å². The van der Waals surface area contributed by atoms with Crippen LogP contribution in [0.5, 0.6) is 0 Å². The Bertz CT molecular complexity index is 1470. The monoisotopic (exact) mass is 527 g/mol. The number of fused-ring (bicyclic) bond motifs is 9. The Hall–Kier alpha value is -1.93. The first-order valence-corrected chi connectivity index (χ1v) is 18.1. The third-order valence-electron chi connectivity index (χ3n) is 8.41. The van der Waals surface area contributed by atoms with Gasteiger partial charge in [-0.1, -0.05) is 80.1 Å². The molecule has 178 valence electrons. The van der Waals surface area contributed by atoms with Crippen LogP contribution in [-0.4, -0.2) is 23.6 Å². The lowest BCUT2D eigenvalue weighted by Gasteiger charge is -2.18. The average Bonchev–Trinajstić information content (AvgIpc) is 3.64. The number of hydrogen-bond acceptors (Lipinski definition) is 2. The summed E-state index contributed by atoms with van der Waals surface area (Å²) in [5.41, 5.74) is 6.05. The second-order valence-corrected chi connectivity index (χ2v) is 16.3. The van der Waals surface area contributed by atoms with Crippen molar-refractivity contribution in [3.8, 4) is 20.9 Å². The first-order valence-electron chi connectivity index (χ1n) is 13.5. The van der Waals surface area contributed by atoms with Gasteiger partial charge in [-0.3, -0.25) is 0 Å². The van der Waals surface area contributed by atoms with Gasteiger partial charge in [0.15, 0.2) is 0 Å². The predicted molar refractivity (Wildman–Crippen MR) is 164 cm³/mol. The molecule has 0 radical (unpaired) electrons. The zero-order valence-electron chi connectivity index (χ0n) is 20.8. The summed E-state index contributed by atoms with van der Waals surface area (Å²) in [6, 6.07) is 15.7. The lowest BCUT2D eigenvalue weighted by Crippen LogP contribution is -2.20. The fourth-order valence-corrected chi connectivity index (χ4v) is 13.5. The third-order valence-corrected chi connectivity index (χ3v) is 14.8. The smallest absolute Gasteiger partial charge is 0.0903 e. The van der Waals surface area contributed by atoms with Gasteiger partial charge >= 0.3 is 0 Å². The molecule has 2 aromatic carbocycles. The second-order valence-electron chi connectivity index (χ2n) is 10.7. The van der Waals surface area contributed by atoms with E-state index in [2.05, 4.69) is 65.6 Å². The Labute approximate surface area is 220 Å². The molecular formula is C30H33NS2Si2. The van der Waals surface area contributed by atoms with Crippen molar-refractivity contribution in [3.63, 3.8) is 0 Å². The zero-order chi connectivity index (χ0) is 23.5. The summed E-state index contributed by atoms with van der Waals surface area (Å²) in [5, 5.41) is 14.3. The molecule has 2 aliphatic rings. The second kappa shape index (κ2) is 8.87. The van der Waals surface area contributed by atoms with Crippen molar-refractivity contribution < 1.29 is 0 Å². The van der Waals surface area contributed by atoms with Gasteiger partial charge in [-0.25, -0.2) is 0 Å². The minimum atomic E-state index is -0.339. The molecule has 2 aliphatic heterocycles. The summed E-state index contributed by atoms with van der Waals surface area (Å²) in [4.78, 5) is 3.12. The van der Waals surface area contributed by atoms with Gasteiger partial charge in [0.05, 0.1) is 19.0 Å². The van der Waals surface area contributed by atoms with Crippen LogP contribution in [0.15, 0.2) is 47.2 Å². The molecule has 1 unspecified atom stereocenters. The molecule has 3 aromatic heterocycles. The van der Waals surface area contributed by atoms with E-state index >= 15 is 0 Å². The molecule has 0 aliphatic carbocycles. The van der Waals surface area contributed by atoms with E-state index in [1.807, 2.05) is 22.7 Å². The molecule has 0 amide bonds. The highest BCUT2D eigenvalue weighted by Crippen LogP contribution is 2.39. The molecule has 7 rings (SSSR count). The number of aromatic nitrogens is 1. The largest absolute Gasteiger partial charge is 0.338 e. The van der Waals surface area contributed by atoms with Crippen molar-refractivity contribution >= 4 is 84.3 Å². The normalized spacial score (nSPS) is 15.8. The Morgan fingerprint density at radius 1 is 0.714 bits per heavy atom. The van der Waals surface area contributed by atoms with E-state index in [4.69, 9.17) is 0 Å². The van der Waals surface area contributed by atoms with Crippen LogP contribution in [0.1, 0.15) is 64.8 Å². The lowest BCUT2D eigenvalue weighted by molar-refractivity contribution is 0.487. The number of rotatable bonds is 8. The van der Waals surface area contributed by atoms with Gasteiger partial charge in [-0.15, -0.1) is 22.7 Å². The van der Waals surface area contributed by atoms with Crippen LogP contribution in [0, 0.1) is 0 Å². The van der Waals surface area contributed by atoms with Crippen molar-refractivity contribution in [1.29, 1.82) is 0 Å². The van der Waals surface area contributed by atoms with Crippen molar-refractivity contribution in [2.45, 2.75) is 64.8 Å². The molecule has 0 spiro atoms. The van der Waals surface area contributed by atoms with E-state index in [9.17, 15) is 0 Å². The van der Waals surface area contributed by atoms with Crippen molar-refractivity contribution in [2.75, 3.05) is 0 Å². The fraction of sp³-hybridized carbons (Fsp3) is 0.333. The first kappa shape index (κ1) is 22.3. The van der Waals surface area contributed by atoms with E-state index < -0.39 is 0 Å². The van der Waals surface area contributed by atoms with Gasteiger partial charge in [-0.05, 0) is 57.7 Å². The molecule has 0 saturated heterocycles. The van der Waals surface area contributed by atoms with Crippen LogP contribution in [0.4, 0.5) is 0 Å². The quantitative estimate of drug-likeness (QED) is 0.183. The van der Waals surface area contributed by atoms with Crippen LogP contribution >= 0.6 is 22.7 Å². The summed E-state index contributed by atoms with van der Waals surface area (Å²) >= 11 is 3.90. The fourth-order valence-electron chi connectivity index (χ4n) is 6.60. The summed E-state index contributed by atoms with van der Waals surface area (Å²) in [7, 11) is -0.678. The van der Waals surface area contributed by atoms with E-state index in [-0.39, 0.29) is 19.0 Å². The highest BCUT2D eigenvalue weighted by atomic mass is 32.1. The van der Waals surface area contributed by atoms with E-state index in [1.54, 1.807) is 41.6 Å². The predicted octanol–water partition coefficient (Wildman–Crippen LogP) is 5.43. The molecule has 0 saturated carbocycles. The SMILES string of the molecule is CCCCCCCCC(C)n1c2cc3c(cc2c2cc4c(cc21)-c1sccc1[SiH2]4)[SiH2]c1ccsc1-3. The Balaban J connectivity index is 1.35. The number of nitrogens with zero attached hydrogens (tertiary/aromatic N) is 1. The third kappa shape index (κ3) is 3.58. The summed E-state index contributed by atoms with van der Waals surface area (Å²) in [6.07, 6.45) is 9.51. The van der Waals surface area contributed by atoms with Crippen molar-refractivity contribution in [3.05, 3.63) is 47.2 Å². The molecule has 1 nitrogen and oxygen atoms in total. The number of unbranched alkanes of at least 4 members (excludes halogenated alkanes) is 5. The average molecular weight is 528 g/mol. The molecule has 5 heterocycles. The van der Waals surface area contributed by atoms with Gasteiger partial charge in [0.25, 0.3) is 0 Å². The van der Waals surface area contributed by atoms with Crippen LogP contribution in [0.3, 0.4) is 0 Å². The summed E-state index contributed by atoms with van der Waals surface area (Å²) in [5.74, 6) is 0. The highest BCUT2D eigenvalue weighted by Gasteiger charge is 2.27. The van der Waals surface area contributed by atoms with Gasteiger partial charge in [0.1, 0.15) is 0 Å². The molecular weight excluding hydrogens is 495 g/mol. The Kier molecular flexibility index (Phi) is 5.65. The number of benzene rings is 2. The van der Waals surface area contributed by atoms with E-state index in [1.165, 1.54) is 66.8 Å². The van der Waals surface area contributed by atoms with Crippen LogP contribution in [0.2, 0.25) is 0 Å². The maximum atomic E-state index is 2.73. The standard InChI is InChI=1S/C30H33NS2Si2/c1-3-4-5-6-7-8-9-18(2)31-23-14-21-27(34-25-10-12-32-29(21)25)16-19(23)20-17-28-22(15-24(20)31)30-26(35-28)11-13-33-30/h10-18H,3-9,34-35H2,1-2H3. The Morgan fingerprint density at radius 2 is 1.26 bits per heavy atom. The number of thiophene rings is 2. The zero-order valence-corrected chi connectivity index (χ0v) is 25.3. The van der Waals surface area contributed by atoms with Crippen LogP contribution < -0.4 is 20.7 Å². The van der Waals surface area contributed by atoms with E-state index in [0.717, 1.165) is 0 Å². The molecule has 5 heteroatoms. The van der Waals surface area contributed by atoms with Gasteiger partial charge in [-0.2, -0.15) is 0 Å². The first-order chi connectivity index (χ1) is 17.2. The molecule has 0 N–H and O–H groups in total. The molecule has 1 atom stereocenters. The van der Waals surface area contributed by atoms with Crippen LogP contribution in [0.25, 0.3) is 42.7 Å². The molecule has 5 aromatic rings. The number of hydrogen-bond donors (Lipinski definition) is 0. The van der Waals surface area contributed by atoms with E-state index in [0.29, 0.717) is 6.04 Å². The Morgan fingerprint density at radius 3 is 1.83 bits per heavy atom. The maximum Gasteiger partial charge on any atom is 0.0903 e. The van der Waals surface area contributed by atoms with Gasteiger partial charge in [0.2, 0.25) is 0 Å². The molecule has 0 fully saturated rings. The van der Waals surface area contributed by atoms with Crippen molar-refractivity contribution in [1.82, 2.24) is 4.57 Å². The molecule has 35 heavy (non-hydrogen) atoms. The van der Waals surface area contributed by atoms with Gasteiger partial charge < -0.3 is 4.57 Å². The molecule has 0 bridgehead atoms. The highest BCUT2D eigenvalue weighted by molar-refractivity contribution is 7.16. The van der Waals surface area contributed by atoms with Gasteiger partial charge in [0, 0.05) is 37.6 Å². The lowest BCUT2D eigenvalue weighted by atomic mass is 10.1. The van der Waals surface area contributed by atoms with Crippen LogP contribution in [-0.2, 0) is 0 Å². The minimum Gasteiger partial charge on any atom is -0.338 e. The maximum absolute atomic E-state index is 2.73. The summed E-state index contributed by atoms with van der Waals surface area (Å²) in [6.45, 7) is 4.78.